The molecule has 1 unspecified atom stereocenters. The Morgan fingerprint density at radius 2 is 1.92 bits per heavy atom. The molecule has 36 heavy (non-hydrogen) atoms. The average Bonchev–Trinajstić information content (AvgIpc) is 3.64. The Balaban J connectivity index is 1.25. The Morgan fingerprint density at radius 3 is 2.72 bits per heavy atom. The molecule has 2 aliphatic heterocycles. The quantitative estimate of drug-likeness (QED) is 0.403. The van der Waals surface area contributed by atoms with Crippen LogP contribution in [0, 0.1) is 5.82 Å². The maximum absolute atomic E-state index is 13.9. The molecule has 6 heterocycles. The Labute approximate surface area is 212 Å². The highest BCUT2D eigenvalue weighted by Crippen LogP contribution is 2.38. The standard InChI is InChI=1S/C26H25ClFN7O/c27-26-22(12-17(28)13-31-26)23-2-1-10-34(23)25-8-7-24-30-15-20(35(24)32-25)6-4-18-3-5-19(14-29-18)33-11-9-21(36)16-33/h3-8,12-15,21,23,36H,1-2,9-11,16H2/b6-4+/t21?,23-/m1/s1. The molecule has 6 rings (SSSR count). The number of hydrogen-bond acceptors (Lipinski definition) is 7. The van der Waals surface area contributed by atoms with Crippen molar-refractivity contribution in [3.63, 3.8) is 0 Å². The summed E-state index contributed by atoms with van der Waals surface area (Å²) in [4.78, 5) is 17.3. The average molecular weight is 506 g/mol. The van der Waals surface area contributed by atoms with Gasteiger partial charge in [-0.05, 0) is 61.7 Å². The molecule has 0 radical (unpaired) electrons. The zero-order valence-electron chi connectivity index (χ0n) is 19.5. The summed E-state index contributed by atoms with van der Waals surface area (Å²) in [6.45, 7) is 2.28. The number of nitrogens with zero attached hydrogens (tertiary/aromatic N) is 7. The van der Waals surface area contributed by atoms with E-state index in [1.165, 1.54) is 6.07 Å². The van der Waals surface area contributed by atoms with E-state index in [0.717, 1.165) is 67.1 Å². The van der Waals surface area contributed by atoms with Gasteiger partial charge in [0.1, 0.15) is 16.8 Å². The third kappa shape index (κ3) is 4.40. The van der Waals surface area contributed by atoms with E-state index in [1.54, 1.807) is 10.7 Å². The van der Waals surface area contributed by atoms with Gasteiger partial charge in [0.25, 0.3) is 0 Å². The summed E-state index contributed by atoms with van der Waals surface area (Å²) < 4.78 is 15.7. The summed E-state index contributed by atoms with van der Waals surface area (Å²) in [5, 5.41) is 14.9. The van der Waals surface area contributed by atoms with Crippen LogP contribution in [0.5, 0.6) is 0 Å². The van der Waals surface area contributed by atoms with E-state index < -0.39 is 5.82 Å². The summed E-state index contributed by atoms with van der Waals surface area (Å²) in [6, 6.07) is 9.22. The van der Waals surface area contributed by atoms with Crippen LogP contribution < -0.4 is 9.80 Å². The topological polar surface area (TPSA) is 82.7 Å². The second-order valence-corrected chi connectivity index (χ2v) is 9.55. The lowest BCUT2D eigenvalue weighted by Crippen LogP contribution is -2.24. The van der Waals surface area contributed by atoms with Crippen LogP contribution in [0.15, 0.2) is 48.9 Å². The van der Waals surface area contributed by atoms with Gasteiger partial charge < -0.3 is 14.9 Å². The highest BCUT2D eigenvalue weighted by atomic mass is 35.5. The molecule has 2 atom stereocenters. The minimum atomic E-state index is -0.397. The summed E-state index contributed by atoms with van der Waals surface area (Å²) in [6.07, 6.45) is 10.9. The van der Waals surface area contributed by atoms with Crippen LogP contribution >= 0.6 is 11.6 Å². The Bertz CT molecular complexity index is 1420. The van der Waals surface area contributed by atoms with Crippen molar-refractivity contribution >= 4 is 40.9 Å². The molecule has 0 saturated carbocycles. The number of fused-ring (bicyclic) bond motifs is 1. The molecule has 8 nitrogen and oxygen atoms in total. The number of rotatable bonds is 5. The number of aromatic nitrogens is 5. The SMILES string of the molecule is OC1CCN(c2ccc(/C=C/c3cnc4ccc(N5CCC[C@@H]5c5cc(F)cnc5Cl)nn34)nc2)C1. The molecule has 4 aromatic heterocycles. The molecule has 2 aliphatic rings. The first-order valence-electron chi connectivity index (χ1n) is 12.0. The van der Waals surface area contributed by atoms with Crippen LogP contribution in [-0.4, -0.2) is 55.4 Å². The van der Waals surface area contributed by atoms with Crippen LogP contribution in [0.3, 0.4) is 0 Å². The van der Waals surface area contributed by atoms with Gasteiger partial charge in [0, 0.05) is 25.2 Å². The molecular formula is C26H25ClFN7O. The highest BCUT2D eigenvalue weighted by Gasteiger charge is 2.30. The van der Waals surface area contributed by atoms with E-state index in [0.29, 0.717) is 17.3 Å². The lowest BCUT2D eigenvalue weighted by atomic mass is 10.1. The number of anilines is 2. The fourth-order valence-corrected chi connectivity index (χ4v) is 5.24. The second kappa shape index (κ2) is 9.48. The first kappa shape index (κ1) is 22.9. The summed E-state index contributed by atoms with van der Waals surface area (Å²) in [5.74, 6) is 0.375. The lowest BCUT2D eigenvalue weighted by molar-refractivity contribution is 0.198. The minimum Gasteiger partial charge on any atom is -0.391 e. The van der Waals surface area contributed by atoms with E-state index in [2.05, 4.69) is 24.8 Å². The summed E-state index contributed by atoms with van der Waals surface area (Å²) in [7, 11) is 0. The van der Waals surface area contributed by atoms with E-state index in [9.17, 15) is 9.50 Å². The van der Waals surface area contributed by atoms with Crippen LogP contribution in [0.1, 0.15) is 42.3 Å². The summed E-state index contributed by atoms with van der Waals surface area (Å²) in [5.41, 5.74) is 4.06. The van der Waals surface area contributed by atoms with Gasteiger partial charge in [0.05, 0.1) is 47.8 Å². The van der Waals surface area contributed by atoms with Gasteiger partial charge in [-0.1, -0.05) is 11.6 Å². The molecule has 0 aliphatic carbocycles. The number of halogens is 2. The van der Waals surface area contributed by atoms with Crippen LogP contribution in [0.4, 0.5) is 15.9 Å². The molecule has 2 fully saturated rings. The normalized spacial score (nSPS) is 20.3. The lowest BCUT2D eigenvalue weighted by Gasteiger charge is -2.26. The molecule has 4 aromatic rings. The monoisotopic (exact) mass is 505 g/mol. The minimum absolute atomic E-state index is 0.0902. The van der Waals surface area contributed by atoms with Crippen LogP contribution in [0.25, 0.3) is 17.8 Å². The number of aliphatic hydroxyl groups excluding tert-OH is 1. The van der Waals surface area contributed by atoms with E-state index >= 15 is 0 Å². The third-order valence-electron chi connectivity index (χ3n) is 6.84. The van der Waals surface area contributed by atoms with Crippen molar-refractivity contribution in [1.82, 2.24) is 24.6 Å². The van der Waals surface area contributed by atoms with Gasteiger partial charge in [-0.25, -0.2) is 18.9 Å². The second-order valence-electron chi connectivity index (χ2n) is 9.19. The largest absolute Gasteiger partial charge is 0.391 e. The molecular weight excluding hydrogens is 481 g/mol. The molecule has 10 heteroatoms. The van der Waals surface area contributed by atoms with Gasteiger partial charge in [0.15, 0.2) is 5.65 Å². The fourth-order valence-electron chi connectivity index (χ4n) is 5.01. The number of aliphatic hydroxyl groups is 1. The maximum atomic E-state index is 13.9. The molecule has 1 N–H and O–H groups in total. The Kier molecular flexibility index (Phi) is 6.02. The predicted molar refractivity (Wildman–Crippen MR) is 138 cm³/mol. The van der Waals surface area contributed by atoms with Crippen molar-refractivity contribution in [3.8, 4) is 0 Å². The molecule has 2 saturated heterocycles. The van der Waals surface area contributed by atoms with Crippen LogP contribution in [-0.2, 0) is 0 Å². The fraction of sp³-hybridized carbons (Fsp3) is 0.308. The first-order chi connectivity index (χ1) is 17.5. The Hall–Kier alpha value is -3.56. The molecule has 0 aromatic carbocycles. The van der Waals surface area contributed by atoms with Crippen molar-refractivity contribution < 1.29 is 9.50 Å². The Morgan fingerprint density at radius 1 is 1.00 bits per heavy atom. The smallest absolute Gasteiger partial charge is 0.154 e. The van der Waals surface area contributed by atoms with E-state index in [-0.39, 0.29) is 12.1 Å². The van der Waals surface area contributed by atoms with E-state index in [1.807, 2.05) is 42.6 Å². The van der Waals surface area contributed by atoms with Crippen molar-refractivity contribution in [2.24, 2.45) is 0 Å². The number of β-amino-alcohol motifs (C(OH)–C–C–N with tert-alkyl or cyclic N) is 1. The summed E-state index contributed by atoms with van der Waals surface area (Å²) >= 11 is 6.32. The molecule has 184 valence electrons. The number of pyridine rings is 2. The first-order valence-corrected chi connectivity index (χ1v) is 12.4. The van der Waals surface area contributed by atoms with Gasteiger partial charge in [0.2, 0.25) is 0 Å². The van der Waals surface area contributed by atoms with Gasteiger partial charge in [-0.15, -0.1) is 5.10 Å². The zero-order chi connectivity index (χ0) is 24.6. The molecule has 0 amide bonds. The number of imidazole rings is 1. The van der Waals surface area contributed by atoms with E-state index in [4.69, 9.17) is 16.7 Å². The number of hydrogen-bond donors (Lipinski definition) is 1. The van der Waals surface area contributed by atoms with Crippen molar-refractivity contribution in [2.75, 3.05) is 29.4 Å². The third-order valence-corrected chi connectivity index (χ3v) is 7.15. The predicted octanol–water partition coefficient (Wildman–Crippen LogP) is 4.39. The maximum Gasteiger partial charge on any atom is 0.154 e. The van der Waals surface area contributed by atoms with Crippen molar-refractivity contribution in [3.05, 3.63) is 76.8 Å². The highest BCUT2D eigenvalue weighted by molar-refractivity contribution is 6.30. The van der Waals surface area contributed by atoms with Crippen LogP contribution in [0.2, 0.25) is 5.15 Å². The van der Waals surface area contributed by atoms with Gasteiger partial charge in [-0.2, -0.15) is 0 Å². The molecule has 0 bridgehead atoms. The van der Waals surface area contributed by atoms with Crippen molar-refractivity contribution in [1.29, 1.82) is 0 Å². The van der Waals surface area contributed by atoms with Gasteiger partial charge in [-0.3, -0.25) is 4.98 Å². The zero-order valence-corrected chi connectivity index (χ0v) is 20.3. The molecule has 0 spiro atoms. The van der Waals surface area contributed by atoms with Gasteiger partial charge >= 0.3 is 0 Å². The van der Waals surface area contributed by atoms with Crippen molar-refractivity contribution in [2.45, 2.75) is 31.4 Å².